The molecule has 3 N–H and O–H groups in total. The molecule has 3 aromatic carbocycles. The first kappa shape index (κ1) is 20.9. The zero-order valence-corrected chi connectivity index (χ0v) is 17.6. The van der Waals surface area contributed by atoms with Crippen molar-refractivity contribution in [2.24, 2.45) is 0 Å². The molecule has 4 aromatic rings. The molecular weight excluding hydrogens is 435 g/mol. The minimum atomic E-state index is -0.941. The number of halogens is 2. The Labute approximate surface area is 188 Å². The van der Waals surface area contributed by atoms with Gasteiger partial charge in [-0.2, -0.15) is 4.98 Å². The summed E-state index contributed by atoms with van der Waals surface area (Å²) in [5.74, 6) is -0.278. The van der Waals surface area contributed by atoms with Gasteiger partial charge < -0.3 is 24.7 Å². The summed E-state index contributed by atoms with van der Waals surface area (Å²) in [6, 6.07) is 18.0. The standard InChI is InChI=1S/C24H20ClFN2O4/c25-18-10-20-19(27-24(28-20)32-22-12-31-21(11-29)23(22)30)9-17(18)14-6-4-13(5-7-14)15-2-1-3-16(26)8-15/h1-10,21-23,29-30H,11-12H2,(H,27,28)/t21-,22?,23?/m1/s1. The summed E-state index contributed by atoms with van der Waals surface area (Å²) in [5, 5.41) is 19.9. The van der Waals surface area contributed by atoms with Crippen LogP contribution in [0.1, 0.15) is 0 Å². The number of nitrogens with one attached hydrogen (secondary N) is 1. The van der Waals surface area contributed by atoms with E-state index in [4.69, 9.17) is 21.1 Å². The van der Waals surface area contributed by atoms with E-state index in [1.807, 2.05) is 36.4 Å². The predicted molar refractivity (Wildman–Crippen MR) is 119 cm³/mol. The second-order valence-electron chi connectivity index (χ2n) is 7.68. The van der Waals surface area contributed by atoms with Crippen molar-refractivity contribution in [1.82, 2.24) is 9.97 Å². The maximum atomic E-state index is 13.5. The summed E-state index contributed by atoms with van der Waals surface area (Å²) in [6.45, 7) is -0.120. The number of aromatic amines is 1. The van der Waals surface area contributed by atoms with Crippen LogP contribution < -0.4 is 4.74 Å². The number of hydrogen-bond acceptors (Lipinski definition) is 5. The Bertz CT molecular complexity index is 1260. The molecule has 0 spiro atoms. The lowest BCUT2D eigenvalue weighted by Gasteiger charge is -2.15. The van der Waals surface area contributed by atoms with Crippen LogP contribution in [0, 0.1) is 5.82 Å². The third kappa shape index (κ3) is 3.96. The third-order valence-corrected chi connectivity index (χ3v) is 5.89. The number of imidazole rings is 1. The van der Waals surface area contributed by atoms with Gasteiger partial charge in [0.25, 0.3) is 6.01 Å². The number of aliphatic hydroxyl groups excluding tert-OH is 2. The van der Waals surface area contributed by atoms with Crippen LogP contribution in [0.5, 0.6) is 6.01 Å². The molecule has 6 nitrogen and oxygen atoms in total. The summed E-state index contributed by atoms with van der Waals surface area (Å²) < 4.78 is 24.6. The Kier molecular flexibility index (Phi) is 5.57. The third-order valence-electron chi connectivity index (χ3n) is 5.58. The first-order valence-electron chi connectivity index (χ1n) is 10.1. The van der Waals surface area contributed by atoms with Gasteiger partial charge in [-0.05, 0) is 41.0 Å². The van der Waals surface area contributed by atoms with Crippen molar-refractivity contribution in [2.75, 3.05) is 13.2 Å². The molecule has 1 aliphatic heterocycles. The molecule has 0 amide bonds. The average molecular weight is 455 g/mol. The molecule has 2 heterocycles. The van der Waals surface area contributed by atoms with Crippen LogP contribution >= 0.6 is 11.6 Å². The first-order chi connectivity index (χ1) is 15.5. The maximum Gasteiger partial charge on any atom is 0.295 e. The average Bonchev–Trinajstić information content (AvgIpc) is 3.35. The summed E-state index contributed by atoms with van der Waals surface area (Å²) in [6.07, 6.45) is -2.23. The number of benzene rings is 3. The van der Waals surface area contributed by atoms with Crippen LogP contribution in [0.2, 0.25) is 5.02 Å². The number of ether oxygens (including phenoxy) is 2. The number of nitrogens with zero attached hydrogens (tertiary/aromatic N) is 1. The SMILES string of the molecule is OC[C@H]1OCC(Oc2nc3cc(-c4ccc(-c5cccc(F)c5)cc4)c(Cl)cc3[nH]2)C1O. The van der Waals surface area contributed by atoms with Gasteiger partial charge in [-0.15, -0.1) is 0 Å². The molecule has 2 unspecified atom stereocenters. The Hall–Kier alpha value is -2.97. The van der Waals surface area contributed by atoms with Crippen molar-refractivity contribution < 1.29 is 24.1 Å². The molecule has 0 aliphatic carbocycles. The fourth-order valence-corrected chi connectivity index (χ4v) is 4.13. The Morgan fingerprint density at radius 3 is 2.59 bits per heavy atom. The van der Waals surface area contributed by atoms with Crippen LogP contribution in [0.15, 0.2) is 60.7 Å². The molecule has 32 heavy (non-hydrogen) atoms. The van der Waals surface area contributed by atoms with E-state index in [2.05, 4.69) is 9.97 Å². The van der Waals surface area contributed by atoms with Crippen molar-refractivity contribution >= 4 is 22.6 Å². The van der Waals surface area contributed by atoms with E-state index in [0.29, 0.717) is 16.1 Å². The molecule has 3 atom stereocenters. The van der Waals surface area contributed by atoms with E-state index in [0.717, 1.165) is 22.3 Å². The smallest absolute Gasteiger partial charge is 0.295 e. The van der Waals surface area contributed by atoms with Gasteiger partial charge in [-0.1, -0.05) is 48.0 Å². The molecule has 0 saturated carbocycles. The van der Waals surface area contributed by atoms with Gasteiger partial charge in [0.15, 0.2) is 6.10 Å². The number of aliphatic hydroxyl groups is 2. The van der Waals surface area contributed by atoms with E-state index in [1.165, 1.54) is 12.1 Å². The van der Waals surface area contributed by atoms with Gasteiger partial charge in [0.1, 0.15) is 18.0 Å². The van der Waals surface area contributed by atoms with Gasteiger partial charge in [0.2, 0.25) is 0 Å². The van der Waals surface area contributed by atoms with E-state index < -0.39 is 18.3 Å². The van der Waals surface area contributed by atoms with Crippen LogP contribution in [0.25, 0.3) is 33.3 Å². The van der Waals surface area contributed by atoms with E-state index in [9.17, 15) is 14.6 Å². The molecule has 1 aromatic heterocycles. The molecule has 1 saturated heterocycles. The van der Waals surface area contributed by atoms with E-state index in [-0.39, 0.29) is 25.0 Å². The highest BCUT2D eigenvalue weighted by Gasteiger charge is 2.37. The number of fused-ring (bicyclic) bond motifs is 1. The quantitative estimate of drug-likeness (QED) is 0.421. The highest BCUT2D eigenvalue weighted by atomic mass is 35.5. The van der Waals surface area contributed by atoms with Crippen LogP contribution in [-0.2, 0) is 4.74 Å². The zero-order valence-electron chi connectivity index (χ0n) is 16.8. The van der Waals surface area contributed by atoms with Crippen molar-refractivity contribution in [3.8, 4) is 28.3 Å². The Morgan fingerprint density at radius 1 is 1.09 bits per heavy atom. The highest BCUT2D eigenvalue weighted by molar-refractivity contribution is 6.34. The summed E-state index contributed by atoms with van der Waals surface area (Å²) in [7, 11) is 0. The Balaban J connectivity index is 1.41. The van der Waals surface area contributed by atoms with Gasteiger partial charge >= 0.3 is 0 Å². The van der Waals surface area contributed by atoms with Crippen LogP contribution in [0.4, 0.5) is 4.39 Å². The first-order valence-corrected chi connectivity index (χ1v) is 10.5. The normalized spacial score (nSPS) is 20.7. The lowest BCUT2D eigenvalue weighted by atomic mass is 10.00. The van der Waals surface area contributed by atoms with Gasteiger partial charge in [0, 0.05) is 5.56 Å². The Morgan fingerprint density at radius 2 is 1.88 bits per heavy atom. The van der Waals surface area contributed by atoms with Crippen LogP contribution in [-0.4, -0.2) is 51.7 Å². The number of hydrogen-bond donors (Lipinski definition) is 3. The minimum absolute atomic E-state index is 0.160. The minimum Gasteiger partial charge on any atom is -0.456 e. The van der Waals surface area contributed by atoms with E-state index >= 15 is 0 Å². The molecule has 0 bridgehead atoms. The molecule has 0 radical (unpaired) electrons. The summed E-state index contributed by atoms with van der Waals surface area (Å²) in [4.78, 5) is 7.51. The van der Waals surface area contributed by atoms with E-state index in [1.54, 1.807) is 12.1 Å². The highest BCUT2D eigenvalue weighted by Crippen LogP contribution is 2.34. The van der Waals surface area contributed by atoms with Gasteiger partial charge in [-0.3, -0.25) is 0 Å². The fourth-order valence-electron chi connectivity index (χ4n) is 3.86. The van der Waals surface area contributed by atoms with Gasteiger partial charge in [0.05, 0.1) is 29.3 Å². The van der Waals surface area contributed by atoms with Crippen molar-refractivity contribution in [3.05, 3.63) is 71.5 Å². The van der Waals surface area contributed by atoms with Gasteiger partial charge in [-0.25, -0.2) is 4.39 Å². The molecule has 1 aliphatic rings. The largest absolute Gasteiger partial charge is 0.456 e. The molecule has 164 valence electrons. The lowest BCUT2D eigenvalue weighted by Crippen LogP contribution is -2.36. The number of H-pyrrole nitrogens is 1. The molecule has 1 fully saturated rings. The second-order valence-corrected chi connectivity index (χ2v) is 8.09. The second kappa shape index (κ2) is 8.52. The van der Waals surface area contributed by atoms with Crippen molar-refractivity contribution in [2.45, 2.75) is 18.3 Å². The topological polar surface area (TPSA) is 87.6 Å². The number of aromatic nitrogens is 2. The monoisotopic (exact) mass is 454 g/mol. The summed E-state index contributed by atoms with van der Waals surface area (Å²) >= 11 is 6.53. The summed E-state index contributed by atoms with van der Waals surface area (Å²) in [5.41, 5.74) is 4.74. The fraction of sp³-hybridized carbons (Fsp3) is 0.208. The van der Waals surface area contributed by atoms with Crippen molar-refractivity contribution in [1.29, 1.82) is 0 Å². The molecule has 8 heteroatoms. The predicted octanol–water partition coefficient (Wildman–Crippen LogP) is 4.19. The van der Waals surface area contributed by atoms with Crippen molar-refractivity contribution in [3.63, 3.8) is 0 Å². The number of rotatable bonds is 5. The zero-order chi connectivity index (χ0) is 22.2. The lowest BCUT2D eigenvalue weighted by molar-refractivity contribution is -0.00390. The maximum absolute atomic E-state index is 13.5. The molecular formula is C24H20ClFN2O4. The molecule has 5 rings (SSSR count). The van der Waals surface area contributed by atoms with Crippen LogP contribution in [0.3, 0.4) is 0 Å².